The van der Waals surface area contributed by atoms with Crippen molar-refractivity contribution in [2.75, 3.05) is 6.54 Å². The van der Waals surface area contributed by atoms with Gasteiger partial charge in [0, 0.05) is 13.1 Å². The first-order valence-corrected chi connectivity index (χ1v) is 10.3. The quantitative estimate of drug-likeness (QED) is 0.727. The predicted octanol–water partition coefficient (Wildman–Crippen LogP) is 0.380. The molecule has 8 nitrogen and oxygen atoms in total. The number of nitrogens with one attached hydrogen (secondary N) is 1. The number of nitrogens with zero attached hydrogens (tertiary/aromatic N) is 2. The van der Waals surface area contributed by atoms with Crippen LogP contribution in [-0.2, 0) is 33.0 Å². The Morgan fingerprint density at radius 2 is 1.79 bits per heavy atom. The van der Waals surface area contributed by atoms with Crippen LogP contribution in [0, 0.1) is 6.92 Å². The van der Waals surface area contributed by atoms with E-state index in [4.69, 9.17) is 5.14 Å². The van der Waals surface area contributed by atoms with E-state index in [1.807, 2.05) is 6.92 Å². The summed E-state index contributed by atoms with van der Waals surface area (Å²) >= 11 is 0. The van der Waals surface area contributed by atoms with Crippen molar-refractivity contribution in [2.45, 2.75) is 36.6 Å². The molecule has 1 aromatic carbocycles. The normalized spacial score (nSPS) is 12.5. The number of hydrogen-bond acceptors (Lipinski definition) is 5. The second-order valence-corrected chi connectivity index (χ2v) is 8.54. The summed E-state index contributed by atoms with van der Waals surface area (Å²) in [6, 6.07) is 6.01. The second kappa shape index (κ2) is 7.01. The molecule has 0 amide bonds. The van der Waals surface area contributed by atoms with Crippen LogP contribution in [0.25, 0.3) is 0 Å². The molecular weight excluding hydrogens is 352 g/mol. The third-order valence-electron chi connectivity index (χ3n) is 3.60. The first-order valence-electron chi connectivity index (χ1n) is 7.29. The van der Waals surface area contributed by atoms with E-state index in [1.54, 1.807) is 23.7 Å². The largest absolute Gasteiger partial charge is 0.269 e. The van der Waals surface area contributed by atoms with Gasteiger partial charge in [0.1, 0.15) is 4.90 Å². The fraction of sp³-hybridized carbons (Fsp3) is 0.357. The third kappa shape index (κ3) is 4.20. The average Bonchev–Trinajstić information content (AvgIpc) is 2.88. The Labute approximate surface area is 141 Å². The minimum Gasteiger partial charge on any atom is -0.269 e. The molecule has 2 rings (SSSR count). The molecule has 0 fully saturated rings. The molecule has 24 heavy (non-hydrogen) atoms. The average molecular weight is 372 g/mol. The van der Waals surface area contributed by atoms with Gasteiger partial charge < -0.3 is 0 Å². The zero-order valence-corrected chi connectivity index (χ0v) is 15.1. The van der Waals surface area contributed by atoms with E-state index < -0.39 is 20.0 Å². The molecule has 0 bridgehead atoms. The van der Waals surface area contributed by atoms with Gasteiger partial charge in [0.15, 0.2) is 0 Å². The highest BCUT2D eigenvalue weighted by Gasteiger charge is 2.19. The SMILES string of the molecule is CCn1ncc(S(=O)(=O)NCCc2ccc(S(N)(=O)=O)cc2)c1C. The van der Waals surface area contributed by atoms with Crippen LogP contribution in [-0.4, -0.2) is 33.2 Å². The zero-order chi connectivity index (χ0) is 18.0. The molecule has 0 spiro atoms. The minimum absolute atomic E-state index is 0.0226. The van der Waals surface area contributed by atoms with Crippen LogP contribution in [0.2, 0.25) is 0 Å². The minimum atomic E-state index is -3.73. The van der Waals surface area contributed by atoms with Crippen molar-refractivity contribution in [2.24, 2.45) is 5.14 Å². The maximum atomic E-state index is 12.3. The number of nitrogens with two attached hydrogens (primary N) is 1. The van der Waals surface area contributed by atoms with E-state index in [9.17, 15) is 16.8 Å². The van der Waals surface area contributed by atoms with Gasteiger partial charge in [-0.1, -0.05) is 12.1 Å². The highest BCUT2D eigenvalue weighted by molar-refractivity contribution is 7.89. The van der Waals surface area contributed by atoms with Crippen molar-refractivity contribution in [1.82, 2.24) is 14.5 Å². The van der Waals surface area contributed by atoms with E-state index >= 15 is 0 Å². The van der Waals surface area contributed by atoms with Gasteiger partial charge in [-0.15, -0.1) is 0 Å². The van der Waals surface area contributed by atoms with Gasteiger partial charge in [0.25, 0.3) is 0 Å². The van der Waals surface area contributed by atoms with Crippen molar-refractivity contribution >= 4 is 20.0 Å². The van der Waals surface area contributed by atoms with E-state index in [1.165, 1.54) is 18.3 Å². The molecule has 0 aliphatic rings. The molecule has 2 aromatic rings. The summed E-state index contributed by atoms with van der Waals surface area (Å²) in [7, 11) is -7.36. The van der Waals surface area contributed by atoms with E-state index in [0.717, 1.165) is 5.56 Å². The Morgan fingerprint density at radius 1 is 1.17 bits per heavy atom. The van der Waals surface area contributed by atoms with Gasteiger partial charge in [-0.05, 0) is 38.0 Å². The highest BCUT2D eigenvalue weighted by Crippen LogP contribution is 2.14. The smallest absolute Gasteiger partial charge is 0.243 e. The van der Waals surface area contributed by atoms with Crippen LogP contribution in [0.1, 0.15) is 18.2 Å². The van der Waals surface area contributed by atoms with Gasteiger partial charge in [-0.3, -0.25) is 4.68 Å². The molecule has 10 heteroatoms. The van der Waals surface area contributed by atoms with E-state index in [-0.39, 0.29) is 16.3 Å². The number of aromatic nitrogens is 2. The van der Waals surface area contributed by atoms with Crippen molar-refractivity contribution in [3.8, 4) is 0 Å². The lowest BCUT2D eigenvalue weighted by atomic mass is 10.2. The van der Waals surface area contributed by atoms with Crippen molar-refractivity contribution < 1.29 is 16.8 Å². The molecule has 0 saturated heterocycles. The first-order chi connectivity index (χ1) is 11.1. The molecule has 0 aliphatic carbocycles. The van der Waals surface area contributed by atoms with E-state index in [0.29, 0.717) is 18.7 Å². The maximum Gasteiger partial charge on any atom is 0.243 e. The summed E-state index contributed by atoms with van der Waals surface area (Å²) in [6.45, 7) is 4.37. The standard InChI is InChI=1S/C14H20N4O4S2/c1-3-18-11(2)14(10-16-18)24(21,22)17-9-8-12-4-6-13(7-5-12)23(15,19)20/h4-7,10,17H,3,8-9H2,1-2H3,(H2,15,19,20). The second-order valence-electron chi connectivity index (χ2n) is 5.25. The lowest BCUT2D eigenvalue weighted by Gasteiger charge is -2.07. The molecule has 0 unspecified atom stereocenters. The summed E-state index contributed by atoms with van der Waals surface area (Å²) in [5.41, 5.74) is 1.38. The molecule has 0 radical (unpaired) electrons. The lowest BCUT2D eigenvalue weighted by Crippen LogP contribution is -2.26. The lowest BCUT2D eigenvalue weighted by molar-refractivity contribution is 0.579. The fourth-order valence-electron chi connectivity index (χ4n) is 2.27. The van der Waals surface area contributed by atoms with Gasteiger partial charge in [-0.25, -0.2) is 26.7 Å². The molecule has 3 N–H and O–H groups in total. The number of aryl methyl sites for hydroxylation is 1. The van der Waals surface area contributed by atoms with Crippen LogP contribution in [0.15, 0.2) is 40.3 Å². The topological polar surface area (TPSA) is 124 Å². The maximum absolute atomic E-state index is 12.3. The van der Waals surface area contributed by atoms with Crippen LogP contribution < -0.4 is 9.86 Å². The van der Waals surface area contributed by atoms with E-state index in [2.05, 4.69) is 9.82 Å². The zero-order valence-electron chi connectivity index (χ0n) is 13.4. The summed E-state index contributed by atoms with van der Waals surface area (Å²) in [5.74, 6) is 0. The Morgan fingerprint density at radius 3 is 2.29 bits per heavy atom. The van der Waals surface area contributed by atoms with Gasteiger partial charge in [0.05, 0.1) is 16.8 Å². The van der Waals surface area contributed by atoms with Gasteiger partial charge >= 0.3 is 0 Å². The van der Waals surface area contributed by atoms with Crippen molar-refractivity contribution in [3.63, 3.8) is 0 Å². The summed E-state index contributed by atoms with van der Waals surface area (Å²) in [6.07, 6.45) is 1.76. The predicted molar refractivity (Wildman–Crippen MR) is 89.3 cm³/mol. The van der Waals surface area contributed by atoms with Crippen LogP contribution in [0.3, 0.4) is 0 Å². The summed E-state index contributed by atoms with van der Waals surface area (Å²) in [5, 5.41) is 9.06. The summed E-state index contributed by atoms with van der Waals surface area (Å²) < 4.78 is 51.1. The number of benzene rings is 1. The Balaban J connectivity index is 2.01. The third-order valence-corrected chi connectivity index (χ3v) is 6.10. The monoisotopic (exact) mass is 372 g/mol. The Hall–Kier alpha value is -1.75. The summed E-state index contributed by atoms with van der Waals surface area (Å²) in [4.78, 5) is 0.184. The Kier molecular flexibility index (Phi) is 5.43. The van der Waals surface area contributed by atoms with Crippen molar-refractivity contribution in [3.05, 3.63) is 41.7 Å². The molecule has 0 saturated carbocycles. The van der Waals surface area contributed by atoms with Gasteiger partial charge in [0.2, 0.25) is 20.0 Å². The van der Waals surface area contributed by atoms with Crippen LogP contribution >= 0.6 is 0 Å². The van der Waals surface area contributed by atoms with Gasteiger partial charge in [-0.2, -0.15) is 5.10 Å². The van der Waals surface area contributed by atoms with Crippen LogP contribution in [0.4, 0.5) is 0 Å². The Bertz CT molecular complexity index is 916. The highest BCUT2D eigenvalue weighted by atomic mass is 32.2. The molecule has 1 heterocycles. The molecule has 1 aromatic heterocycles. The number of hydrogen-bond donors (Lipinski definition) is 2. The molecular formula is C14H20N4O4S2. The first kappa shape index (κ1) is 18.6. The van der Waals surface area contributed by atoms with Crippen molar-refractivity contribution in [1.29, 1.82) is 0 Å². The fourth-order valence-corrected chi connectivity index (χ4v) is 3.99. The number of sulfonamides is 2. The number of primary sulfonamides is 1. The molecule has 0 atom stereocenters. The molecule has 0 aliphatic heterocycles. The van der Waals surface area contributed by atoms with Crippen LogP contribution in [0.5, 0.6) is 0 Å². The molecule has 132 valence electrons. The number of rotatable bonds is 7.